The number of rotatable bonds is 8. The fourth-order valence-electron chi connectivity index (χ4n) is 1.66. The van der Waals surface area contributed by atoms with Crippen LogP contribution in [-0.4, -0.2) is 22.2 Å². The highest BCUT2D eigenvalue weighted by atomic mass is 16.4. The summed E-state index contributed by atoms with van der Waals surface area (Å²) < 4.78 is 0. The predicted molar refractivity (Wildman–Crippen MR) is 65.7 cm³/mol. The quantitative estimate of drug-likeness (QED) is 0.640. The van der Waals surface area contributed by atoms with Gasteiger partial charge >= 0.3 is 11.9 Å². The number of carbonyl (C=O) groups is 2. The third kappa shape index (κ3) is 5.90. The van der Waals surface area contributed by atoms with Gasteiger partial charge in [0.05, 0.1) is 11.8 Å². The van der Waals surface area contributed by atoms with Crippen molar-refractivity contribution in [3.05, 3.63) is 24.3 Å². The van der Waals surface area contributed by atoms with Crippen molar-refractivity contribution in [3.8, 4) is 0 Å². The van der Waals surface area contributed by atoms with E-state index in [1.807, 2.05) is 19.1 Å². The minimum atomic E-state index is -1.05. The highest BCUT2D eigenvalue weighted by Crippen LogP contribution is 2.23. The number of carboxylic acid groups (broad SMARTS) is 2. The molecule has 0 aromatic heterocycles. The molecule has 0 aromatic carbocycles. The highest BCUT2D eigenvalue weighted by Gasteiger charge is 2.31. The van der Waals surface area contributed by atoms with Gasteiger partial charge in [0.2, 0.25) is 0 Å². The highest BCUT2D eigenvalue weighted by molar-refractivity contribution is 5.80. The van der Waals surface area contributed by atoms with Crippen LogP contribution in [-0.2, 0) is 9.59 Å². The van der Waals surface area contributed by atoms with Crippen LogP contribution in [0.25, 0.3) is 0 Å². The first kappa shape index (κ1) is 15.4. The molecule has 0 aromatic rings. The summed E-state index contributed by atoms with van der Waals surface area (Å²) >= 11 is 0. The maximum Gasteiger partial charge on any atom is 0.307 e. The molecule has 2 unspecified atom stereocenters. The fourth-order valence-corrected chi connectivity index (χ4v) is 1.66. The van der Waals surface area contributed by atoms with Crippen LogP contribution in [0.3, 0.4) is 0 Å². The molecule has 0 bridgehead atoms. The van der Waals surface area contributed by atoms with E-state index in [2.05, 4.69) is 0 Å². The van der Waals surface area contributed by atoms with Crippen molar-refractivity contribution in [2.24, 2.45) is 11.8 Å². The Morgan fingerprint density at radius 2 is 1.53 bits per heavy atom. The molecule has 0 saturated heterocycles. The van der Waals surface area contributed by atoms with Crippen LogP contribution < -0.4 is 0 Å². The van der Waals surface area contributed by atoms with Gasteiger partial charge in [0.15, 0.2) is 0 Å². The van der Waals surface area contributed by atoms with E-state index in [1.165, 1.54) is 0 Å². The molecule has 0 spiro atoms. The van der Waals surface area contributed by atoms with Gasteiger partial charge in [0, 0.05) is 0 Å². The topological polar surface area (TPSA) is 74.6 Å². The van der Waals surface area contributed by atoms with Crippen LogP contribution in [0, 0.1) is 11.8 Å². The summed E-state index contributed by atoms with van der Waals surface area (Å²) in [7, 11) is 0. The van der Waals surface area contributed by atoms with Gasteiger partial charge in [-0.1, -0.05) is 24.3 Å². The van der Waals surface area contributed by atoms with Crippen LogP contribution in [0.15, 0.2) is 24.3 Å². The Kier molecular flexibility index (Phi) is 7.76. The molecular formula is C13H20O4. The summed E-state index contributed by atoms with van der Waals surface area (Å²) in [4.78, 5) is 22.2. The molecule has 4 heteroatoms. The minimum absolute atomic E-state index is 0.263. The van der Waals surface area contributed by atoms with Gasteiger partial charge in [-0.2, -0.15) is 0 Å². The molecule has 0 saturated carbocycles. The first-order chi connectivity index (χ1) is 8.04. The van der Waals surface area contributed by atoms with E-state index in [-0.39, 0.29) is 6.42 Å². The Bertz CT molecular complexity index is 305. The monoisotopic (exact) mass is 240 g/mol. The standard InChI is InChI=1S/C13H20O4/c1-3-5-7-9-11(13(16)17)10(12(14)15)8-6-4-2/h3-6,10-11H,7-9H2,1-2H3,(H,14,15)(H,16,17). The van der Waals surface area contributed by atoms with Crippen molar-refractivity contribution in [1.82, 2.24) is 0 Å². The first-order valence-corrected chi connectivity index (χ1v) is 5.72. The summed E-state index contributed by atoms with van der Waals surface area (Å²) in [5, 5.41) is 18.1. The number of carboxylic acids is 2. The zero-order valence-corrected chi connectivity index (χ0v) is 10.3. The van der Waals surface area contributed by atoms with Crippen LogP contribution >= 0.6 is 0 Å². The Labute approximate surface area is 102 Å². The molecule has 96 valence electrons. The van der Waals surface area contributed by atoms with Gasteiger partial charge in [-0.25, -0.2) is 0 Å². The molecule has 2 N–H and O–H groups in total. The van der Waals surface area contributed by atoms with Crippen LogP contribution in [0.5, 0.6) is 0 Å². The number of aliphatic carboxylic acids is 2. The van der Waals surface area contributed by atoms with Gasteiger partial charge in [0.1, 0.15) is 0 Å². The van der Waals surface area contributed by atoms with E-state index in [4.69, 9.17) is 10.2 Å². The van der Waals surface area contributed by atoms with Gasteiger partial charge in [-0.3, -0.25) is 9.59 Å². The van der Waals surface area contributed by atoms with E-state index in [0.29, 0.717) is 12.8 Å². The van der Waals surface area contributed by atoms with Gasteiger partial charge in [-0.15, -0.1) is 0 Å². The average molecular weight is 240 g/mol. The van der Waals surface area contributed by atoms with Crippen LogP contribution in [0.2, 0.25) is 0 Å². The normalized spacial score (nSPS) is 15.2. The Morgan fingerprint density at radius 3 is 1.94 bits per heavy atom. The fraction of sp³-hybridized carbons (Fsp3) is 0.538. The van der Waals surface area contributed by atoms with E-state index >= 15 is 0 Å². The van der Waals surface area contributed by atoms with Gasteiger partial charge in [0.25, 0.3) is 0 Å². The predicted octanol–water partition coefficient (Wildman–Crippen LogP) is 2.71. The SMILES string of the molecule is CC=CCCC(C(=O)O)C(CC=CC)C(=O)O. The second-order valence-corrected chi connectivity index (χ2v) is 3.84. The number of allylic oxidation sites excluding steroid dienone is 4. The van der Waals surface area contributed by atoms with Crippen molar-refractivity contribution in [2.45, 2.75) is 33.1 Å². The molecule has 0 fully saturated rings. The number of hydrogen-bond donors (Lipinski definition) is 2. The lowest BCUT2D eigenvalue weighted by molar-refractivity contribution is -0.153. The molecule has 0 aliphatic heterocycles. The van der Waals surface area contributed by atoms with E-state index in [0.717, 1.165) is 0 Å². The molecule has 0 aliphatic carbocycles. The zero-order valence-electron chi connectivity index (χ0n) is 10.3. The third-order valence-electron chi connectivity index (χ3n) is 2.63. The molecular weight excluding hydrogens is 220 g/mol. The van der Waals surface area contributed by atoms with Gasteiger partial charge < -0.3 is 10.2 Å². The molecule has 0 radical (unpaired) electrons. The summed E-state index contributed by atoms with van der Waals surface area (Å²) in [6.07, 6.45) is 8.33. The summed E-state index contributed by atoms with van der Waals surface area (Å²) in [6.45, 7) is 3.64. The molecule has 0 rings (SSSR count). The molecule has 17 heavy (non-hydrogen) atoms. The van der Waals surface area contributed by atoms with Crippen molar-refractivity contribution in [3.63, 3.8) is 0 Å². The average Bonchev–Trinajstić information content (AvgIpc) is 2.26. The lowest BCUT2D eigenvalue weighted by atomic mass is 9.86. The second kappa shape index (κ2) is 8.56. The van der Waals surface area contributed by atoms with E-state index in [9.17, 15) is 9.59 Å². The van der Waals surface area contributed by atoms with E-state index in [1.54, 1.807) is 19.1 Å². The van der Waals surface area contributed by atoms with Gasteiger partial charge in [-0.05, 0) is 33.1 Å². The molecule has 2 atom stereocenters. The van der Waals surface area contributed by atoms with Crippen molar-refractivity contribution in [1.29, 1.82) is 0 Å². The lowest BCUT2D eigenvalue weighted by Crippen LogP contribution is -2.29. The minimum Gasteiger partial charge on any atom is -0.481 e. The Morgan fingerprint density at radius 1 is 1.00 bits per heavy atom. The smallest absolute Gasteiger partial charge is 0.307 e. The summed E-state index contributed by atoms with van der Waals surface area (Å²) in [6, 6.07) is 0. The maximum atomic E-state index is 11.1. The molecule has 4 nitrogen and oxygen atoms in total. The second-order valence-electron chi connectivity index (χ2n) is 3.84. The van der Waals surface area contributed by atoms with E-state index < -0.39 is 23.8 Å². The Hall–Kier alpha value is -1.58. The third-order valence-corrected chi connectivity index (χ3v) is 2.63. The molecule has 0 aliphatic rings. The maximum absolute atomic E-state index is 11.1. The molecule has 0 heterocycles. The van der Waals surface area contributed by atoms with Crippen LogP contribution in [0.1, 0.15) is 33.1 Å². The number of hydrogen-bond acceptors (Lipinski definition) is 2. The lowest BCUT2D eigenvalue weighted by Gasteiger charge is -2.18. The van der Waals surface area contributed by atoms with Crippen molar-refractivity contribution in [2.75, 3.05) is 0 Å². The first-order valence-electron chi connectivity index (χ1n) is 5.72. The zero-order chi connectivity index (χ0) is 13.3. The van der Waals surface area contributed by atoms with Crippen molar-refractivity contribution < 1.29 is 19.8 Å². The molecule has 0 amide bonds. The summed E-state index contributed by atoms with van der Waals surface area (Å²) in [5.41, 5.74) is 0. The van der Waals surface area contributed by atoms with Crippen molar-refractivity contribution >= 4 is 11.9 Å². The summed E-state index contributed by atoms with van der Waals surface area (Å²) in [5.74, 6) is -3.77. The Balaban J connectivity index is 4.70. The largest absolute Gasteiger partial charge is 0.481 e. The van der Waals surface area contributed by atoms with Crippen LogP contribution in [0.4, 0.5) is 0 Å².